The highest BCUT2D eigenvalue weighted by molar-refractivity contribution is 7.99. The molecule has 31 heavy (non-hydrogen) atoms. The van der Waals surface area contributed by atoms with Crippen LogP contribution in [0.2, 0.25) is 0 Å². The van der Waals surface area contributed by atoms with Crippen molar-refractivity contribution in [3.63, 3.8) is 0 Å². The Kier molecular flexibility index (Phi) is 6.61. The van der Waals surface area contributed by atoms with Gasteiger partial charge < -0.3 is 15.2 Å². The van der Waals surface area contributed by atoms with Crippen molar-refractivity contribution in [1.29, 1.82) is 0 Å². The van der Waals surface area contributed by atoms with E-state index in [1.807, 2.05) is 53.4 Å². The van der Waals surface area contributed by atoms with E-state index in [4.69, 9.17) is 0 Å². The maximum Gasteiger partial charge on any atom is 0.227 e. The predicted molar refractivity (Wildman–Crippen MR) is 125 cm³/mol. The molecule has 7 heteroatoms. The summed E-state index contributed by atoms with van der Waals surface area (Å²) in [5.74, 6) is 1.89. The number of hydrogen-bond acceptors (Lipinski definition) is 4. The number of imidazole rings is 1. The second kappa shape index (κ2) is 9.56. The van der Waals surface area contributed by atoms with Crippen molar-refractivity contribution in [2.75, 3.05) is 17.2 Å². The Morgan fingerprint density at radius 1 is 1.13 bits per heavy atom. The fourth-order valence-electron chi connectivity index (χ4n) is 3.90. The van der Waals surface area contributed by atoms with E-state index in [-0.39, 0.29) is 30.7 Å². The van der Waals surface area contributed by atoms with Crippen LogP contribution in [0, 0.1) is 5.92 Å². The number of thioether (sulfide) groups is 1. The van der Waals surface area contributed by atoms with Crippen LogP contribution < -0.4 is 10.2 Å². The number of benzene rings is 2. The molecule has 1 unspecified atom stereocenters. The first kappa shape index (κ1) is 21.4. The number of nitrogens with zero attached hydrogens (tertiary/aromatic N) is 2. The number of anilines is 1. The molecule has 2 aromatic carbocycles. The van der Waals surface area contributed by atoms with Crippen LogP contribution in [0.5, 0.6) is 0 Å². The number of H-pyrrole nitrogens is 1. The number of carbonyl (C=O) groups excluding carboxylic acids is 2. The number of carbonyl (C=O) groups is 2. The molecule has 0 saturated carbocycles. The first-order valence-corrected chi connectivity index (χ1v) is 11.8. The number of rotatable bonds is 7. The smallest absolute Gasteiger partial charge is 0.227 e. The van der Waals surface area contributed by atoms with E-state index in [9.17, 15) is 9.59 Å². The Labute approximate surface area is 186 Å². The summed E-state index contributed by atoms with van der Waals surface area (Å²) in [6.07, 6.45) is 1.13. The zero-order chi connectivity index (χ0) is 21.8. The van der Waals surface area contributed by atoms with Crippen molar-refractivity contribution < 1.29 is 9.59 Å². The van der Waals surface area contributed by atoms with E-state index in [1.165, 1.54) is 0 Å². The Bertz CT molecular complexity index is 1050. The lowest BCUT2D eigenvalue weighted by Gasteiger charge is -2.29. The fourth-order valence-corrected chi connectivity index (χ4v) is 4.89. The minimum absolute atomic E-state index is 0.00736. The van der Waals surface area contributed by atoms with E-state index in [2.05, 4.69) is 29.1 Å². The molecular formula is C24H28N4O2S. The van der Waals surface area contributed by atoms with Gasteiger partial charge in [-0.1, -0.05) is 38.1 Å². The summed E-state index contributed by atoms with van der Waals surface area (Å²) < 4.78 is 0. The number of aromatic amines is 1. The summed E-state index contributed by atoms with van der Waals surface area (Å²) >= 11 is 1.76. The Hall–Kier alpha value is -2.80. The van der Waals surface area contributed by atoms with Crippen LogP contribution in [0.4, 0.5) is 5.69 Å². The number of fused-ring (bicyclic) bond motifs is 2. The van der Waals surface area contributed by atoms with Gasteiger partial charge in [-0.25, -0.2) is 4.98 Å². The lowest BCUT2D eigenvalue weighted by atomic mass is 10.0. The molecule has 0 fully saturated rings. The van der Waals surface area contributed by atoms with Gasteiger partial charge in [0.05, 0.1) is 22.8 Å². The van der Waals surface area contributed by atoms with Gasteiger partial charge in [0.25, 0.3) is 0 Å². The van der Waals surface area contributed by atoms with Crippen LogP contribution in [0.1, 0.15) is 45.0 Å². The van der Waals surface area contributed by atoms with Crippen molar-refractivity contribution >= 4 is 40.3 Å². The summed E-state index contributed by atoms with van der Waals surface area (Å²) in [5, 5.41) is 3.10. The Balaban J connectivity index is 1.40. The minimum atomic E-state index is -0.206. The number of nitrogens with one attached hydrogen (secondary N) is 2. The lowest BCUT2D eigenvalue weighted by Crippen LogP contribution is -2.36. The predicted octanol–water partition coefficient (Wildman–Crippen LogP) is 4.69. The number of para-hydroxylation sites is 3. The molecule has 0 aliphatic carbocycles. The highest BCUT2D eigenvalue weighted by Crippen LogP contribution is 2.34. The molecule has 0 saturated heterocycles. The van der Waals surface area contributed by atoms with Crippen LogP contribution >= 0.6 is 11.8 Å². The molecule has 1 atom stereocenters. The molecule has 0 bridgehead atoms. The quantitative estimate of drug-likeness (QED) is 0.563. The maximum absolute atomic E-state index is 12.8. The highest BCUT2D eigenvalue weighted by Gasteiger charge is 2.24. The molecule has 1 aromatic heterocycles. The van der Waals surface area contributed by atoms with E-state index in [1.54, 1.807) is 11.8 Å². The highest BCUT2D eigenvalue weighted by atomic mass is 32.2. The standard InChI is InChI=1S/C24H28N4O2S/c1-16(2)15-19(24-26-17-7-3-4-8-18(17)27-24)25-22(29)11-12-23(30)28-13-14-31-21-10-6-5-9-20(21)28/h3-10,16,19H,11-15H2,1-2H3,(H,25,29)(H,26,27). The number of aromatic nitrogens is 2. The third kappa shape index (κ3) is 5.10. The monoisotopic (exact) mass is 436 g/mol. The normalized spacial score (nSPS) is 14.5. The van der Waals surface area contributed by atoms with E-state index in [0.717, 1.165) is 39.6 Å². The third-order valence-corrected chi connectivity index (χ3v) is 6.42. The lowest BCUT2D eigenvalue weighted by molar-refractivity contribution is -0.125. The second-order valence-corrected chi connectivity index (χ2v) is 9.39. The summed E-state index contributed by atoms with van der Waals surface area (Å²) in [6, 6.07) is 15.6. The SMILES string of the molecule is CC(C)CC(NC(=O)CCC(=O)N1CCSc2ccccc21)c1nc2ccccc2[nH]1. The minimum Gasteiger partial charge on any atom is -0.346 e. The number of amides is 2. The fraction of sp³-hybridized carbons (Fsp3) is 0.375. The van der Waals surface area contributed by atoms with Crippen molar-refractivity contribution in [3.05, 3.63) is 54.4 Å². The van der Waals surface area contributed by atoms with Gasteiger partial charge in [-0.2, -0.15) is 0 Å². The Morgan fingerprint density at radius 3 is 2.71 bits per heavy atom. The molecule has 1 aliphatic heterocycles. The van der Waals surface area contributed by atoms with Gasteiger partial charge in [-0.15, -0.1) is 11.8 Å². The Morgan fingerprint density at radius 2 is 1.90 bits per heavy atom. The zero-order valence-corrected chi connectivity index (χ0v) is 18.7. The molecule has 0 spiro atoms. The van der Waals surface area contributed by atoms with Crippen molar-refractivity contribution in [1.82, 2.24) is 15.3 Å². The topological polar surface area (TPSA) is 78.1 Å². The molecule has 0 radical (unpaired) electrons. The van der Waals surface area contributed by atoms with Crippen LogP contribution in [0.25, 0.3) is 11.0 Å². The van der Waals surface area contributed by atoms with Gasteiger partial charge in [-0.3, -0.25) is 9.59 Å². The van der Waals surface area contributed by atoms with Gasteiger partial charge in [-0.05, 0) is 36.6 Å². The molecule has 2 N–H and O–H groups in total. The zero-order valence-electron chi connectivity index (χ0n) is 17.9. The van der Waals surface area contributed by atoms with E-state index >= 15 is 0 Å². The van der Waals surface area contributed by atoms with Gasteiger partial charge >= 0.3 is 0 Å². The molecule has 162 valence electrons. The third-order valence-electron chi connectivity index (χ3n) is 5.38. The maximum atomic E-state index is 12.8. The van der Waals surface area contributed by atoms with Crippen molar-refractivity contribution in [2.45, 2.75) is 44.0 Å². The number of hydrogen-bond donors (Lipinski definition) is 2. The van der Waals surface area contributed by atoms with Crippen LogP contribution in [-0.4, -0.2) is 34.1 Å². The van der Waals surface area contributed by atoms with E-state index < -0.39 is 0 Å². The summed E-state index contributed by atoms with van der Waals surface area (Å²) in [5.41, 5.74) is 2.79. The first-order valence-electron chi connectivity index (χ1n) is 10.8. The average molecular weight is 437 g/mol. The van der Waals surface area contributed by atoms with Crippen LogP contribution in [0.15, 0.2) is 53.4 Å². The summed E-state index contributed by atoms with van der Waals surface area (Å²) in [4.78, 5) is 36.5. The molecule has 3 aromatic rings. The van der Waals surface area contributed by atoms with E-state index in [0.29, 0.717) is 12.5 Å². The van der Waals surface area contributed by atoms with Crippen LogP contribution in [0.3, 0.4) is 0 Å². The van der Waals surface area contributed by atoms with Crippen molar-refractivity contribution in [2.24, 2.45) is 5.92 Å². The molecular weight excluding hydrogens is 408 g/mol. The van der Waals surface area contributed by atoms with Crippen molar-refractivity contribution in [3.8, 4) is 0 Å². The summed E-state index contributed by atoms with van der Waals surface area (Å²) in [7, 11) is 0. The molecule has 4 rings (SSSR count). The first-order chi connectivity index (χ1) is 15.0. The summed E-state index contributed by atoms with van der Waals surface area (Å²) in [6.45, 7) is 4.92. The average Bonchev–Trinajstić information content (AvgIpc) is 3.20. The van der Waals surface area contributed by atoms with Crippen LogP contribution in [-0.2, 0) is 9.59 Å². The molecule has 1 aliphatic rings. The van der Waals surface area contributed by atoms with Gasteiger partial charge in [0.15, 0.2) is 0 Å². The molecule has 2 heterocycles. The van der Waals surface area contributed by atoms with Gasteiger partial charge in [0.2, 0.25) is 11.8 Å². The van der Waals surface area contributed by atoms with Gasteiger partial charge in [0, 0.05) is 30.0 Å². The molecule has 2 amide bonds. The largest absolute Gasteiger partial charge is 0.346 e. The van der Waals surface area contributed by atoms with Gasteiger partial charge in [0.1, 0.15) is 5.82 Å². The second-order valence-electron chi connectivity index (χ2n) is 8.25. The molecule has 6 nitrogen and oxygen atoms in total.